The number of ether oxygens (including phenoxy) is 6. The monoisotopic (exact) mass is 1090 g/mol. The number of hydrogen-bond donors (Lipinski definition) is 0. The lowest BCUT2D eigenvalue weighted by Gasteiger charge is -2.25. The lowest BCUT2D eigenvalue weighted by molar-refractivity contribution is 0.0347. The fraction of sp³-hybridized carbons (Fsp3) is 0.167. The number of pyridine rings is 2. The van der Waals surface area contributed by atoms with Gasteiger partial charge in [-0.2, -0.15) is 0 Å². The molecule has 3 aliphatic heterocycles. The molecule has 8 bridgehead atoms. The predicted molar refractivity (Wildman–Crippen MR) is 337 cm³/mol. The molecule has 0 N–H and O–H groups in total. The van der Waals surface area contributed by atoms with E-state index in [-0.39, 0.29) is 0 Å². The molecule has 0 fully saturated rings. The fourth-order valence-electron chi connectivity index (χ4n) is 11.5. The molecule has 0 spiro atoms. The van der Waals surface area contributed by atoms with Gasteiger partial charge < -0.3 is 33.3 Å². The normalized spacial score (nSPS) is 14.7. The molecule has 3 aromatic heterocycles. The number of anilines is 1. The Morgan fingerprint density at radius 1 is 0.317 bits per heavy atom. The van der Waals surface area contributed by atoms with E-state index in [1.54, 1.807) is 0 Å². The van der Waals surface area contributed by atoms with E-state index in [0.29, 0.717) is 79.2 Å². The van der Waals surface area contributed by atoms with Crippen molar-refractivity contribution in [1.29, 1.82) is 0 Å². The largest absolute Gasteiger partial charge is 0.491 e. The molecule has 82 heavy (non-hydrogen) atoms. The second-order valence-corrected chi connectivity index (χ2v) is 21.7. The SMILES string of the molecule is c1cc(-c2ccc(-c3ccc4c5ccccc5c5ccccc5c4c3)cc2)c2sc3c(N4CCOCCOCCOc5ccc(cc5)-c5ccc6ccc7ccc(nc7c6n5)-c5ccc(cc5)OCCOCCOCC4)cccc3c2c1. The summed E-state index contributed by atoms with van der Waals surface area (Å²) in [6.45, 7) is 6.05. The van der Waals surface area contributed by atoms with E-state index in [2.05, 4.69) is 169 Å². The van der Waals surface area contributed by atoms with Crippen LogP contribution in [0.15, 0.2) is 212 Å². The minimum atomic E-state index is 0.426. The van der Waals surface area contributed by atoms with Crippen LogP contribution in [0.2, 0.25) is 0 Å². The Morgan fingerprint density at radius 2 is 0.744 bits per heavy atom. The average molecular weight is 1090 g/mol. The fourth-order valence-corrected chi connectivity index (χ4v) is 12.9. The van der Waals surface area contributed by atoms with Gasteiger partial charge in [0.05, 0.1) is 85.7 Å². The van der Waals surface area contributed by atoms with Crippen molar-refractivity contribution in [3.05, 3.63) is 212 Å². The number of aromatic nitrogens is 2. The van der Waals surface area contributed by atoms with Gasteiger partial charge in [0.1, 0.15) is 24.7 Å². The molecule has 0 aliphatic carbocycles. The second kappa shape index (κ2) is 23.4. The molecule has 0 saturated heterocycles. The molecule has 0 radical (unpaired) electrons. The van der Waals surface area contributed by atoms with Gasteiger partial charge in [0, 0.05) is 50.5 Å². The van der Waals surface area contributed by atoms with E-state index >= 15 is 0 Å². The summed E-state index contributed by atoms with van der Waals surface area (Å²) in [5.41, 5.74) is 11.4. The Labute approximate surface area is 479 Å². The Kier molecular flexibility index (Phi) is 14.7. The van der Waals surface area contributed by atoms with Crippen LogP contribution in [0.4, 0.5) is 5.69 Å². The van der Waals surface area contributed by atoms with Gasteiger partial charge in [-0.05, 0) is 127 Å². The topological polar surface area (TPSA) is 84.4 Å². The zero-order valence-electron chi connectivity index (χ0n) is 45.4. The second-order valence-electron chi connectivity index (χ2n) is 20.7. The molecule has 0 atom stereocenters. The predicted octanol–water partition coefficient (Wildman–Crippen LogP) is 16.6. The summed E-state index contributed by atoms with van der Waals surface area (Å²) in [7, 11) is 0. The zero-order valence-corrected chi connectivity index (χ0v) is 46.2. The number of rotatable bonds is 3. The molecule has 10 aromatic carbocycles. The lowest BCUT2D eigenvalue weighted by Crippen LogP contribution is -2.31. The molecule has 0 unspecified atom stereocenters. The maximum atomic E-state index is 6.23. The summed E-state index contributed by atoms with van der Waals surface area (Å²) in [6, 6.07) is 75.6. The number of hydrogen-bond acceptors (Lipinski definition) is 10. The van der Waals surface area contributed by atoms with Gasteiger partial charge in [-0.25, -0.2) is 9.97 Å². The standard InChI is InChI=1S/C72H59N3O6S/c1-2-9-60-58(7-1)59-8-3-4-10-61(59)65-47-54(25-32-62(60)65)48-15-17-49(18-16-48)57-11-5-12-63-64-13-6-14-68(72(64)82-71(57)63)75-35-37-76-39-41-78-43-45-80-55-28-21-50(22-29-55)66-33-26-52-19-20-53-27-34-67(74-70(53)69(52)73-66)51-23-30-56(31-24-51)81-46-44-79-42-40-77-38-36-75/h1-34,47H,35-46H2. The van der Waals surface area contributed by atoms with Crippen LogP contribution in [0, 0.1) is 0 Å². The summed E-state index contributed by atoms with van der Waals surface area (Å²) in [6.07, 6.45) is 0. The van der Waals surface area contributed by atoms with Gasteiger partial charge >= 0.3 is 0 Å². The Balaban J connectivity index is 0.675. The van der Waals surface area contributed by atoms with Crippen LogP contribution < -0.4 is 14.4 Å². The van der Waals surface area contributed by atoms with Crippen LogP contribution in [0.5, 0.6) is 11.5 Å². The molecule has 3 aliphatic rings. The molecule has 404 valence electrons. The molecule has 9 nitrogen and oxygen atoms in total. The van der Waals surface area contributed by atoms with Crippen molar-refractivity contribution in [2.24, 2.45) is 0 Å². The van der Waals surface area contributed by atoms with Crippen LogP contribution in [0.25, 0.3) is 119 Å². The van der Waals surface area contributed by atoms with E-state index in [9.17, 15) is 0 Å². The first-order valence-electron chi connectivity index (χ1n) is 28.3. The van der Waals surface area contributed by atoms with Gasteiger partial charge in [0.25, 0.3) is 0 Å². The molecule has 6 heterocycles. The minimum absolute atomic E-state index is 0.426. The molecule has 10 heteroatoms. The van der Waals surface area contributed by atoms with Crippen molar-refractivity contribution >= 4 is 91.3 Å². The quantitative estimate of drug-likeness (QED) is 0.161. The third-order valence-electron chi connectivity index (χ3n) is 15.7. The van der Waals surface area contributed by atoms with Crippen LogP contribution >= 0.6 is 11.3 Å². The first-order chi connectivity index (χ1) is 40.7. The average Bonchev–Trinajstić information content (AvgIpc) is 3.89. The highest BCUT2D eigenvalue weighted by atomic mass is 32.1. The molecular formula is C72H59N3O6S. The van der Waals surface area contributed by atoms with Gasteiger partial charge in [0.2, 0.25) is 0 Å². The van der Waals surface area contributed by atoms with E-state index in [1.807, 2.05) is 59.9 Å². The highest BCUT2D eigenvalue weighted by Gasteiger charge is 2.18. The lowest BCUT2D eigenvalue weighted by atomic mass is 9.92. The van der Waals surface area contributed by atoms with Crippen LogP contribution in [-0.2, 0) is 18.9 Å². The van der Waals surface area contributed by atoms with Crippen molar-refractivity contribution in [2.45, 2.75) is 0 Å². The summed E-state index contributed by atoms with van der Waals surface area (Å²) >= 11 is 1.86. The zero-order chi connectivity index (χ0) is 54.6. The highest BCUT2D eigenvalue weighted by Crippen LogP contribution is 2.44. The summed E-state index contributed by atoms with van der Waals surface area (Å²) in [4.78, 5) is 12.7. The maximum Gasteiger partial charge on any atom is 0.119 e. The smallest absolute Gasteiger partial charge is 0.119 e. The van der Waals surface area contributed by atoms with E-state index in [4.69, 9.17) is 38.4 Å². The van der Waals surface area contributed by atoms with Crippen molar-refractivity contribution in [1.82, 2.24) is 9.97 Å². The first-order valence-corrected chi connectivity index (χ1v) is 29.1. The Hall–Kier alpha value is -8.74. The third-order valence-corrected chi connectivity index (χ3v) is 17.0. The van der Waals surface area contributed by atoms with Crippen molar-refractivity contribution in [2.75, 3.05) is 84.1 Å². The number of nitrogens with zero attached hydrogens (tertiary/aromatic N) is 3. The van der Waals surface area contributed by atoms with Gasteiger partial charge in [-0.3, -0.25) is 0 Å². The first kappa shape index (κ1) is 51.4. The summed E-state index contributed by atoms with van der Waals surface area (Å²) in [5.74, 6) is 1.55. The molecule has 0 saturated carbocycles. The van der Waals surface area contributed by atoms with Gasteiger partial charge in [-0.1, -0.05) is 140 Å². The number of thiophene rings is 1. The van der Waals surface area contributed by atoms with Crippen LogP contribution in [0.3, 0.4) is 0 Å². The Morgan fingerprint density at radius 3 is 1.30 bits per heavy atom. The van der Waals surface area contributed by atoms with Crippen LogP contribution in [-0.4, -0.2) is 89.1 Å². The van der Waals surface area contributed by atoms with Crippen molar-refractivity contribution in [3.63, 3.8) is 0 Å². The van der Waals surface area contributed by atoms with Crippen molar-refractivity contribution < 1.29 is 28.4 Å². The van der Waals surface area contributed by atoms with E-state index in [0.717, 1.165) is 55.8 Å². The van der Waals surface area contributed by atoms with Crippen LogP contribution in [0.1, 0.15) is 0 Å². The van der Waals surface area contributed by atoms with E-state index < -0.39 is 0 Å². The van der Waals surface area contributed by atoms with Crippen molar-refractivity contribution in [3.8, 4) is 56.3 Å². The number of benzene rings is 10. The highest BCUT2D eigenvalue weighted by molar-refractivity contribution is 7.27. The summed E-state index contributed by atoms with van der Waals surface area (Å²) in [5, 5.41) is 12.3. The molecule has 0 amide bonds. The summed E-state index contributed by atoms with van der Waals surface area (Å²) < 4.78 is 39.1. The van der Waals surface area contributed by atoms with Gasteiger partial charge in [-0.15, -0.1) is 11.3 Å². The number of fused-ring (bicyclic) bond motifs is 11. The molecule has 16 rings (SSSR count). The third kappa shape index (κ3) is 10.5. The van der Waals surface area contributed by atoms with E-state index in [1.165, 1.54) is 80.4 Å². The Bertz CT molecular complexity index is 4270. The molecular weight excluding hydrogens is 1030 g/mol. The maximum absolute atomic E-state index is 6.23. The van der Waals surface area contributed by atoms with Gasteiger partial charge in [0.15, 0.2) is 0 Å². The molecule has 13 aromatic rings. The minimum Gasteiger partial charge on any atom is -0.491 e.